The van der Waals surface area contributed by atoms with Crippen LogP contribution in [0.25, 0.3) is 6.08 Å². The van der Waals surface area contributed by atoms with Gasteiger partial charge in [0, 0.05) is 19.0 Å². The quantitative estimate of drug-likeness (QED) is 0.544. The second-order valence-electron chi connectivity index (χ2n) is 6.08. The van der Waals surface area contributed by atoms with Crippen molar-refractivity contribution in [2.45, 2.75) is 19.8 Å². The topological polar surface area (TPSA) is 84.7 Å². The molecule has 2 aromatic rings. The van der Waals surface area contributed by atoms with Crippen LogP contribution < -0.4 is 10.1 Å². The van der Waals surface area contributed by atoms with Crippen molar-refractivity contribution in [3.8, 4) is 5.75 Å². The highest BCUT2D eigenvalue weighted by Gasteiger charge is 2.31. The van der Waals surface area contributed by atoms with Gasteiger partial charge in [-0.15, -0.1) is 0 Å². The third-order valence-corrected chi connectivity index (χ3v) is 5.32. The summed E-state index contributed by atoms with van der Waals surface area (Å²) in [5.41, 5.74) is 0.863. The predicted molar refractivity (Wildman–Crippen MR) is 112 cm³/mol. The van der Waals surface area contributed by atoms with Crippen molar-refractivity contribution in [2.75, 3.05) is 19.0 Å². The maximum absolute atomic E-state index is 12.6. The second-order valence-corrected chi connectivity index (χ2v) is 7.76. The monoisotopic (exact) mass is 417 g/mol. The van der Waals surface area contributed by atoms with Gasteiger partial charge in [0.25, 0.3) is 5.91 Å². The molecule has 0 spiro atoms. The van der Waals surface area contributed by atoms with Crippen LogP contribution in [0.5, 0.6) is 5.75 Å². The number of thioether (sulfide) groups is 1. The summed E-state index contributed by atoms with van der Waals surface area (Å²) < 4.78 is 10.6. The number of aryl methyl sites for hydroxylation is 1. The van der Waals surface area contributed by atoms with E-state index in [1.165, 1.54) is 16.7 Å². The molecule has 0 unspecified atom stereocenters. The Labute approximate surface area is 172 Å². The zero-order valence-electron chi connectivity index (χ0n) is 15.4. The van der Waals surface area contributed by atoms with Crippen LogP contribution in [0.2, 0.25) is 0 Å². The van der Waals surface area contributed by atoms with E-state index in [1.807, 2.05) is 24.3 Å². The molecule has 2 heterocycles. The van der Waals surface area contributed by atoms with Crippen LogP contribution in [0.15, 0.2) is 39.8 Å². The minimum absolute atomic E-state index is 0.148. The summed E-state index contributed by atoms with van der Waals surface area (Å²) in [6.07, 6.45) is 2.53. The van der Waals surface area contributed by atoms with Crippen molar-refractivity contribution in [3.05, 3.63) is 46.6 Å². The maximum Gasteiger partial charge on any atom is 0.266 e. The fourth-order valence-electron chi connectivity index (χ4n) is 2.60. The number of nitrogens with one attached hydrogen (secondary N) is 1. The van der Waals surface area contributed by atoms with E-state index in [2.05, 4.69) is 10.5 Å². The van der Waals surface area contributed by atoms with E-state index in [1.54, 1.807) is 26.2 Å². The van der Waals surface area contributed by atoms with Crippen LogP contribution in [0.3, 0.4) is 0 Å². The van der Waals surface area contributed by atoms with E-state index in [-0.39, 0.29) is 18.2 Å². The maximum atomic E-state index is 12.6. The minimum atomic E-state index is -0.189. The Morgan fingerprint density at radius 3 is 2.96 bits per heavy atom. The normalized spacial score (nSPS) is 15.4. The molecule has 1 aromatic heterocycles. The van der Waals surface area contributed by atoms with Crippen LogP contribution in [-0.2, 0) is 9.59 Å². The van der Waals surface area contributed by atoms with Gasteiger partial charge in [-0.2, -0.15) is 0 Å². The van der Waals surface area contributed by atoms with Crippen molar-refractivity contribution in [2.24, 2.45) is 0 Å². The first-order valence-corrected chi connectivity index (χ1v) is 9.81. The molecule has 1 saturated heterocycles. The van der Waals surface area contributed by atoms with E-state index in [0.717, 1.165) is 11.3 Å². The van der Waals surface area contributed by atoms with Crippen LogP contribution in [0, 0.1) is 6.92 Å². The molecule has 7 nitrogen and oxygen atoms in total. The molecular weight excluding hydrogens is 398 g/mol. The number of amides is 2. The first kappa shape index (κ1) is 20.1. The molecule has 1 N–H and O–H groups in total. The van der Waals surface area contributed by atoms with Crippen molar-refractivity contribution < 1.29 is 18.8 Å². The highest BCUT2D eigenvalue weighted by Crippen LogP contribution is 2.33. The molecule has 0 aliphatic carbocycles. The van der Waals surface area contributed by atoms with Gasteiger partial charge in [-0.25, -0.2) is 0 Å². The number of nitrogens with zero attached hydrogens (tertiary/aromatic N) is 2. The van der Waals surface area contributed by atoms with Gasteiger partial charge < -0.3 is 14.6 Å². The number of rotatable bonds is 7. The van der Waals surface area contributed by atoms with Crippen LogP contribution >= 0.6 is 24.0 Å². The molecule has 1 aliphatic heterocycles. The number of hydrogen-bond donors (Lipinski definition) is 1. The molecule has 0 radical (unpaired) electrons. The van der Waals surface area contributed by atoms with Crippen molar-refractivity contribution in [3.63, 3.8) is 0 Å². The molecule has 0 bridgehead atoms. The first-order chi connectivity index (χ1) is 13.5. The van der Waals surface area contributed by atoms with E-state index in [9.17, 15) is 9.59 Å². The molecule has 1 aromatic carbocycles. The third kappa shape index (κ3) is 4.99. The summed E-state index contributed by atoms with van der Waals surface area (Å²) in [6, 6.07) is 9.09. The highest BCUT2D eigenvalue weighted by atomic mass is 32.2. The Morgan fingerprint density at radius 2 is 2.25 bits per heavy atom. The van der Waals surface area contributed by atoms with Gasteiger partial charge in [-0.3, -0.25) is 14.5 Å². The molecular formula is C19H19N3O4S2. The molecule has 9 heteroatoms. The molecule has 28 heavy (non-hydrogen) atoms. The number of benzene rings is 1. The Bertz CT molecular complexity index is 939. The first-order valence-electron chi connectivity index (χ1n) is 8.59. The fraction of sp³-hybridized carbons (Fsp3) is 0.263. The van der Waals surface area contributed by atoms with Gasteiger partial charge in [-0.1, -0.05) is 41.3 Å². The summed E-state index contributed by atoms with van der Waals surface area (Å²) in [7, 11) is 1.60. The summed E-state index contributed by atoms with van der Waals surface area (Å²) in [5, 5.41) is 6.37. The molecule has 146 valence electrons. The molecule has 1 fully saturated rings. The third-order valence-electron chi connectivity index (χ3n) is 3.95. The lowest BCUT2D eigenvalue weighted by Crippen LogP contribution is -2.29. The zero-order chi connectivity index (χ0) is 20.1. The Balaban J connectivity index is 1.54. The van der Waals surface area contributed by atoms with Crippen LogP contribution in [0.4, 0.5) is 5.82 Å². The Hall–Kier alpha value is -2.65. The number of ether oxygens (including phenoxy) is 1. The SMILES string of the molecule is COc1cccc(/C=C2\SC(=S)N(CCCC(=O)Nc3cc(C)on3)C2=O)c1. The number of thiocarbonyl (C=S) groups is 1. The number of hydrogen-bond acceptors (Lipinski definition) is 7. The summed E-state index contributed by atoms with van der Waals surface area (Å²) in [4.78, 5) is 26.7. The predicted octanol–water partition coefficient (Wildman–Crippen LogP) is 3.61. The Kier molecular flexibility index (Phi) is 6.48. The second kappa shape index (κ2) is 9.03. The van der Waals surface area contributed by atoms with Gasteiger partial charge in [0.05, 0.1) is 12.0 Å². The number of methoxy groups -OCH3 is 1. The fourth-order valence-corrected chi connectivity index (χ4v) is 3.91. The highest BCUT2D eigenvalue weighted by molar-refractivity contribution is 8.26. The van der Waals surface area contributed by atoms with Gasteiger partial charge in [0.1, 0.15) is 15.8 Å². The molecule has 0 saturated carbocycles. The average Bonchev–Trinajstić information content (AvgIpc) is 3.19. The van der Waals surface area contributed by atoms with Crippen LogP contribution in [0.1, 0.15) is 24.2 Å². The standard InChI is InChI=1S/C19H19N3O4S2/c1-12-9-16(21-26-12)20-17(23)7-4-8-22-18(24)15(28-19(22)27)11-13-5-3-6-14(10-13)25-2/h3,5-6,9-11H,4,7-8H2,1-2H3,(H,20,21,23)/b15-11-. The summed E-state index contributed by atoms with van der Waals surface area (Å²) >= 11 is 6.59. The molecule has 0 atom stereocenters. The minimum Gasteiger partial charge on any atom is -0.497 e. The average molecular weight is 418 g/mol. The van der Waals surface area contributed by atoms with Gasteiger partial charge in [0.15, 0.2) is 5.82 Å². The number of carbonyl (C=O) groups is 2. The number of carbonyl (C=O) groups excluding carboxylic acids is 2. The van der Waals surface area contributed by atoms with Crippen molar-refractivity contribution >= 4 is 52.0 Å². The van der Waals surface area contributed by atoms with E-state index >= 15 is 0 Å². The molecule has 1 aliphatic rings. The lowest BCUT2D eigenvalue weighted by Gasteiger charge is -2.13. The van der Waals surface area contributed by atoms with Crippen LogP contribution in [-0.4, -0.2) is 39.8 Å². The zero-order valence-corrected chi connectivity index (χ0v) is 17.1. The summed E-state index contributed by atoms with van der Waals surface area (Å²) in [6.45, 7) is 2.13. The summed E-state index contributed by atoms with van der Waals surface area (Å²) in [5.74, 6) is 1.39. The number of anilines is 1. The van der Waals surface area contributed by atoms with E-state index in [0.29, 0.717) is 33.8 Å². The van der Waals surface area contributed by atoms with E-state index < -0.39 is 0 Å². The van der Waals surface area contributed by atoms with Gasteiger partial charge >= 0.3 is 0 Å². The molecule has 2 amide bonds. The molecule has 3 rings (SSSR count). The largest absolute Gasteiger partial charge is 0.497 e. The lowest BCUT2D eigenvalue weighted by molar-refractivity contribution is -0.122. The van der Waals surface area contributed by atoms with Crippen molar-refractivity contribution in [1.82, 2.24) is 10.1 Å². The van der Waals surface area contributed by atoms with E-state index in [4.69, 9.17) is 21.5 Å². The van der Waals surface area contributed by atoms with Gasteiger partial charge in [0.2, 0.25) is 5.91 Å². The number of aromatic nitrogens is 1. The Morgan fingerprint density at radius 1 is 1.43 bits per heavy atom. The smallest absolute Gasteiger partial charge is 0.266 e. The van der Waals surface area contributed by atoms with Gasteiger partial charge in [-0.05, 0) is 37.1 Å². The van der Waals surface area contributed by atoms with Crippen molar-refractivity contribution in [1.29, 1.82) is 0 Å². The lowest BCUT2D eigenvalue weighted by atomic mass is 10.2.